The Balaban J connectivity index is 1.64. The lowest BCUT2D eigenvalue weighted by Gasteiger charge is -2.19. The number of nitrogens with one attached hydrogen (secondary N) is 2. The molecule has 2 N–H and O–H groups in total. The molecule has 0 radical (unpaired) electrons. The Morgan fingerprint density at radius 1 is 1.27 bits per heavy atom. The summed E-state index contributed by atoms with van der Waals surface area (Å²) in [5.74, 6) is -0.998. The zero-order valence-corrected chi connectivity index (χ0v) is 13.7. The van der Waals surface area contributed by atoms with Gasteiger partial charge in [0.1, 0.15) is 12.1 Å². The highest BCUT2D eigenvalue weighted by Gasteiger charge is 2.31. The van der Waals surface area contributed by atoms with Crippen molar-refractivity contribution in [2.24, 2.45) is 0 Å². The number of piperidine rings is 1. The first-order chi connectivity index (χ1) is 12.3. The van der Waals surface area contributed by atoms with Crippen molar-refractivity contribution < 1.29 is 26.8 Å². The van der Waals surface area contributed by atoms with Gasteiger partial charge in [-0.25, -0.2) is 9.37 Å². The fraction of sp³-hybridized carbons (Fsp3) is 0.412. The van der Waals surface area contributed by atoms with Crippen LogP contribution in [0, 0.1) is 5.82 Å². The second kappa shape index (κ2) is 7.45. The highest BCUT2D eigenvalue weighted by Crippen LogP contribution is 2.30. The SMILES string of the molecule is O=C(NCc1cc(F)cc(C(F)(F)F)c1)c1coc(C2CCNCC2)n1. The molecule has 3 rings (SSSR count). The number of benzene rings is 1. The Morgan fingerprint density at radius 3 is 2.69 bits per heavy atom. The summed E-state index contributed by atoms with van der Waals surface area (Å²) in [6, 6.07) is 2.15. The summed E-state index contributed by atoms with van der Waals surface area (Å²) >= 11 is 0. The number of carbonyl (C=O) groups is 1. The lowest BCUT2D eigenvalue weighted by Crippen LogP contribution is -2.27. The van der Waals surface area contributed by atoms with Gasteiger partial charge in [0.2, 0.25) is 0 Å². The summed E-state index contributed by atoms with van der Waals surface area (Å²) < 4.78 is 56.9. The molecule has 1 aromatic carbocycles. The van der Waals surface area contributed by atoms with Crippen molar-refractivity contribution in [2.45, 2.75) is 31.5 Å². The van der Waals surface area contributed by atoms with Crippen LogP contribution in [0.1, 0.15) is 46.3 Å². The summed E-state index contributed by atoms with van der Waals surface area (Å²) in [6.45, 7) is 1.43. The van der Waals surface area contributed by atoms with E-state index in [-0.39, 0.29) is 23.7 Å². The van der Waals surface area contributed by atoms with Crippen LogP contribution in [0.5, 0.6) is 0 Å². The standard InChI is InChI=1S/C17H17F4N3O2/c18-13-6-10(5-12(7-13)17(19,20)21)8-23-15(25)14-9-26-16(24-14)11-1-3-22-4-2-11/h5-7,9,11,22H,1-4,8H2,(H,23,25). The van der Waals surface area contributed by atoms with Crippen molar-refractivity contribution in [3.63, 3.8) is 0 Å². The molecule has 1 saturated heterocycles. The number of alkyl halides is 3. The highest BCUT2D eigenvalue weighted by atomic mass is 19.4. The summed E-state index contributed by atoms with van der Waals surface area (Å²) in [5.41, 5.74) is -1.05. The van der Waals surface area contributed by atoms with Gasteiger partial charge in [0, 0.05) is 12.5 Å². The molecular weight excluding hydrogens is 354 g/mol. The van der Waals surface area contributed by atoms with E-state index >= 15 is 0 Å². The normalized spacial score (nSPS) is 15.8. The van der Waals surface area contributed by atoms with Gasteiger partial charge in [0.05, 0.1) is 5.56 Å². The zero-order valence-electron chi connectivity index (χ0n) is 13.7. The summed E-state index contributed by atoms with van der Waals surface area (Å²) in [4.78, 5) is 16.3. The molecule has 2 aromatic rings. The lowest BCUT2D eigenvalue weighted by atomic mass is 9.98. The van der Waals surface area contributed by atoms with E-state index in [4.69, 9.17) is 4.42 Å². The van der Waals surface area contributed by atoms with Crippen LogP contribution in [0.25, 0.3) is 0 Å². The van der Waals surface area contributed by atoms with E-state index < -0.39 is 23.5 Å². The van der Waals surface area contributed by atoms with Gasteiger partial charge in [-0.15, -0.1) is 0 Å². The minimum absolute atomic E-state index is 0.00717. The maximum atomic E-state index is 13.4. The molecule has 1 amide bonds. The smallest absolute Gasteiger partial charge is 0.416 e. The first-order valence-electron chi connectivity index (χ1n) is 8.14. The molecule has 1 aromatic heterocycles. The van der Waals surface area contributed by atoms with E-state index in [1.807, 2.05) is 0 Å². The summed E-state index contributed by atoms with van der Waals surface area (Å²) in [5, 5.41) is 5.64. The molecular formula is C17H17F4N3O2. The van der Waals surface area contributed by atoms with Gasteiger partial charge < -0.3 is 15.1 Å². The van der Waals surface area contributed by atoms with Crippen LogP contribution >= 0.6 is 0 Å². The van der Waals surface area contributed by atoms with Gasteiger partial charge in [-0.05, 0) is 49.7 Å². The van der Waals surface area contributed by atoms with Crippen molar-refractivity contribution in [1.82, 2.24) is 15.6 Å². The molecule has 0 atom stereocenters. The van der Waals surface area contributed by atoms with E-state index in [9.17, 15) is 22.4 Å². The number of rotatable bonds is 4. The fourth-order valence-electron chi connectivity index (χ4n) is 2.84. The minimum atomic E-state index is -4.66. The molecule has 0 bridgehead atoms. The van der Waals surface area contributed by atoms with Crippen molar-refractivity contribution in [2.75, 3.05) is 13.1 Å². The van der Waals surface area contributed by atoms with Crippen LogP contribution in [-0.4, -0.2) is 24.0 Å². The van der Waals surface area contributed by atoms with E-state index in [1.54, 1.807) is 0 Å². The zero-order chi connectivity index (χ0) is 18.7. The van der Waals surface area contributed by atoms with Gasteiger partial charge in [0.15, 0.2) is 11.6 Å². The van der Waals surface area contributed by atoms with Crippen molar-refractivity contribution >= 4 is 5.91 Å². The van der Waals surface area contributed by atoms with Crippen molar-refractivity contribution in [3.05, 3.63) is 53.0 Å². The van der Waals surface area contributed by atoms with Gasteiger partial charge in [-0.2, -0.15) is 13.2 Å². The van der Waals surface area contributed by atoms with Gasteiger partial charge in [-0.3, -0.25) is 4.79 Å². The molecule has 26 heavy (non-hydrogen) atoms. The molecule has 0 saturated carbocycles. The Kier molecular flexibility index (Phi) is 5.26. The molecule has 1 fully saturated rings. The van der Waals surface area contributed by atoms with E-state index in [2.05, 4.69) is 15.6 Å². The molecule has 2 heterocycles. The third kappa shape index (κ3) is 4.40. The number of aromatic nitrogens is 1. The number of hydrogen-bond donors (Lipinski definition) is 2. The number of halogens is 4. The van der Waals surface area contributed by atoms with E-state index in [0.717, 1.165) is 38.1 Å². The minimum Gasteiger partial charge on any atom is -0.448 e. The predicted molar refractivity (Wildman–Crippen MR) is 83.9 cm³/mol. The van der Waals surface area contributed by atoms with Crippen molar-refractivity contribution in [3.8, 4) is 0 Å². The monoisotopic (exact) mass is 371 g/mol. The Morgan fingerprint density at radius 2 is 2.00 bits per heavy atom. The fourth-order valence-corrected chi connectivity index (χ4v) is 2.84. The van der Waals surface area contributed by atoms with Crippen molar-refractivity contribution in [1.29, 1.82) is 0 Å². The van der Waals surface area contributed by atoms with Crippen LogP contribution in [-0.2, 0) is 12.7 Å². The first-order valence-corrected chi connectivity index (χ1v) is 8.14. The largest absolute Gasteiger partial charge is 0.448 e. The lowest BCUT2D eigenvalue weighted by molar-refractivity contribution is -0.137. The summed E-state index contributed by atoms with van der Waals surface area (Å²) in [7, 11) is 0. The summed E-state index contributed by atoms with van der Waals surface area (Å²) in [6.07, 6.45) is -1.73. The number of carbonyl (C=O) groups excluding carboxylic acids is 1. The second-order valence-electron chi connectivity index (χ2n) is 6.12. The van der Waals surface area contributed by atoms with E-state index in [0.29, 0.717) is 12.0 Å². The molecule has 1 aliphatic rings. The average molecular weight is 371 g/mol. The van der Waals surface area contributed by atoms with Crippen LogP contribution in [0.3, 0.4) is 0 Å². The Bertz CT molecular complexity index is 783. The third-order valence-corrected chi connectivity index (χ3v) is 4.18. The first kappa shape index (κ1) is 18.4. The molecule has 140 valence electrons. The number of amides is 1. The molecule has 0 unspecified atom stereocenters. The van der Waals surface area contributed by atoms with E-state index in [1.165, 1.54) is 6.26 Å². The molecule has 0 aliphatic carbocycles. The predicted octanol–water partition coefficient (Wildman–Crippen LogP) is 3.23. The van der Waals surface area contributed by atoms with Crippen LogP contribution in [0.4, 0.5) is 17.6 Å². The van der Waals surface area contributed by atoms with Gasteiger partial charge >= 0.3 is 6.18 Å². The third-order valence-electron chi connectivity index (χ3n) is 4.18. The van der Waals surface area contributed by atoms with Crippen LogP contribution < -0.4 is 10.6 Å². The van der Waals surface area contributed by atoms with Crippen LogP contribution in [0.2, 0.25) is 0 Å². The van der Waals surface area contributed by atoms with Crippen LogP contribution in [0.15, 0.2) is 28.9 Å². The molecule has 1 aliphatic heterocycles. The van der Waals surface area contributed by atoms with Gasteiger partial charge in [-0.1, -0.05) is 0 Å². The number of oxazole rings is 1. The Hall–Kier alpha value is -2.42. The highest BCUT2D eigenvalue weighted by molar-refractivity contribution is 5.91. The molecule has 9 heteroatoms. The number of hydrogen-bond acceptors (Lipinski definition) is 4. The quantitative estimate of drug-likeness (QED) is 0.810. The average Bonchev–Trinajstić information content (AvgIpc) is 3.09. The topological polar surface area (TPSA) is 67.2 Å². The Labute approximate surface area is 146 Å². The van der Waals surface area contributed by atoms with Gasteiger partial charge in [0.25, 0.3) is 5.91 Å². The second-order valence-corrected chi connectivity index (χ2v) is 6.12. The molecule has 0 spiro atoms. The molecule has 5 nitrogen and oxygen atoms in total. The number of nitrogens with zero attached hydrogens (tertiary/aromatic N) is 1. The maximum Gasteiger partial charge on any atom is 0.416 e. The maximum absolute atomic E-state index is 13.4.